The van der Waals surface area contributed by atoms with E-state index in [1.54, 1.807) is 29.7 Å². The Morgan fingerprint density at radius 2 is 1.80 bits per heavy atom. The number of hydrogen-bond acceptors (Lipinski definition) is 4. The van der Waals surface area contributed by atoms with Gasteiger partial charge in [-0.2, -0.15) is 5.10 Å². The molecule has 0 saturated heterocycles. The predicted octanol–water partition coefficient (Wildman–Crippen LogP) is 3.86. The van der Waals surface area contributed by atoms with Crippen LogP contribution in [-0.4, -0.2) is 20.1 Å². The Morgan fingerprint density at radius 3 is 2.63 bits per heavy atom. The highest BCUT2D eigenvalue weighted by Gasteiger charge is 2.16. The van der Waals surface area contributed by atoms with Gasteiger partial charge in [0, 0.05) is 23.4 Å². The lowest BCUT2D eigenvalue weighted by atomic mass is 10.0. The average Bonchev–Trinajstić information content (AvgIpc) is 3.34. The van der Waals surface area contributed by atoms with Crippen LogP contribution in [0.1, 0.15) is 5.82 Å². The second-order valence-electron chi connectivity index (χ2n) is 7.00. The van der Waals surface area contributed by atoms with Crippen molar-refractivity contribution in [3.63, 3.8) is 0 Å². The zero-order valence-electron chi connectivity index (χ0n) is 16.2. The monoisotopic (exact) mass is 398 g/mol. The van der Waals surface area contributed by atoms with Crippen LogP contribution in [0.2, 0.25) is 0 Å². The number of rotatable bonds is 4. The van der Waals surface area contributed by atoms with Gasteiger partial charge in [-0.1, -0.05) is 48.5 Å². The van der Waals surface area contributed by atoms with Crippen molar-refractivity contribution in [1.82, 2.24) is 14.2 Å². The second-order valence-corrected chi connectivity index (χ2v) is 7.00. The molecule has 3 heterocycles. The van der Waals surface area contributed by atoms with Crippen molar-refractivity contribution >= 4 is 28.2 Å². The van der Waals surface area contributed by atoms with Gasteiger partial charge in [-0.25, -0.2) is 4.68 Å². The third kappa shape index (κ3) is 2.97. The first-order valence-electron chi connectivity index (χ1n) is 9.52. The highest BCUT2D eigenvalue weighted by Crippen LogP contribution is 2.27. The fourth-order valence-corrected chi connectivity index (χ4v) is 3.72. The van der Waals surface area contributed by atoms with Gasteiger partial charge in [-0.15, -0.1) is 0 Å². The first-order chi connectivity index (χ1) is 14.6. The van der Waals surface area contributed by atoms with Crippen molar-refractivity contribution in [2.75, 3.05) is 5.32 Å². The van der Waals surface area contributed by atoms with Crippen LogP contribution in [0.25, 0.3) is 27.7 Å². The molecule has 0 aliphatic heterocycles. The van der Waals surface area contributed by atoms with E-state index in [9.17, 15) is 9.59 Å². The molecule has 1 amide bonds. The summed E-state index contributed by atoms with van der Waals surface area (Å²) in [5, 5.41) is 7.24. The topological polar surface area (TPSA) is 81.5 Å². The van der Waals surface area contributed by atoms with E-state index < -0.39 is 0 Å². The van der Waals surface area contributed by atoms with Crippen molar-refractivity contribution in [1.29, 1.82) is 0 Å². The lowest BCUT2D eigenvalue weighted by Gasteiger charge is -2.12. The molecular weight excluding hydrogens is 380 g/mol. The number of para-hydroxylation sites is 1. The molecule has 1 N–H and O–H groups in total. The van der Waals surface area contributed by atoms with Gasteiger partial charge < -0.3 is 9.73 Å². The van der Waals surface area contributed by atoms with Crippen LogP contribution < -0.4 is 10.9 Å². The first kappa shape index (κ1) is 17.9. The summed E-state index contributed by atoms with van der Waals surface area (Å²) in [6, 6.07) is 20.8. The summed E-state index contributed by atoms with van der Waals surface area (Å²) in [5.41, 5.74) is 4.05. The number of benzene rings is 2. The third-order valence-electron chi connectivity index (χ3n) is 5.04. The third-order valence-corrected chi connectivity index (χ3v) is 5.04. The van der Waals surface area contributed by atoms with Crippen molar-refractivity contribution in [2.24, 2.45) is 0 Å². The van der Waals surface area contributed by atoms with Gasteiger partial charge in [-0.05, 0) is 18.6 Å². The number of carbonyl (C=O) groups excluding carboxylic acids is 1. The summed E-state index contributed by atoms with van der Waals surface area (Å²) in [6.45, 7) is 1.60. The Morgan fingerprint density at radius 1 is 1.03 bits per heavy atom. The van der Waals surface area contributed by atoms with Gasteiger partial charge >= 0.3 is 0 Å². The van der Waals surface area contributed by atoms with Crippen LogP contribution in [0, 0.1) is 6.92 Å². The summed E-state index contributed by atoms with van der Waals surface area (Å²) in [6.07, 6.45) is 1.57. The van der Waals surface area contributed by atoms with Gasteiger partial charge in [-0.3, -0.25) is 14.0 Å². The maximum atomic E-state index is 12.9. The van der Waals surface area contributed by atoms with Crippen molar-refractivity contribution in [3.05, 3.63) is 89.2 Å². The smallest absolute Gasteiger partial charge is 0.291 e. The number of aromatic nitrogens is 3. The SMILES string of the molecule is Cc1nn(CC(=O)Nc2ccccc2-c2ccccc2)c(=O)c2cc3occc3n12. The maximum Gasteiger partial charge on any atom is 0.291 e. The van der Waals surface area contributed by atoms with Crippen molar-refractivity contribution in [2.45, 2.75) is 13.5 Å². The van der Waals surface area contributed by atoms with Crippen LogP contribution in [0.4, 0.5) is 5.69 Å². The molecule has 0 bridgehead atoms. The van der Waals surface area contributed by atoms with Crippen LogP contribution in [0.15, 0.2) is 82.2 Å². The number of aryl methyl sites for hydroxylation is 1. The van der Waals surface area contributed by atoms with Gasteiger partial charge in [0.05, 0.1) is 11.8 Å². The van der Waals surface area contributed by atoms with Gasteiger partial charge in [0.15, 0.2) is 5.58 Å². The fraction of sp³-hybridized carbons (Fsp3) is 0.0870. The molecular formula is C23H18N4O3. The van der Waals surface area contributed by atoms with Crippen LogP contribution in [-0.2, 0) is 11.3 Å². The number of nitrogens with zero attached hydrogens (tertiary/aromatic N) is 3. The summed E-state index contributed by atoms with van der Waals surface area (Å²) in [5.74, 6) is 0.269. The molecule has 3 aromatic heterocycles. The van der Waals surface area contributed by atoms with Gasteiger partial charge in [0.1, 0.15) is 17.9 Å². The highest BCUT2D eigenvalue weighted by atomic mass is 16.3. The molecule has 5 aromatic rings. The minimum Gasteiger partial charge on any atom is -0.463 e. The van der Waals surface area contributed by atoms with Gasteiger partial charge in [0.25, 0.3) is 5.56 Å². The van der Waals surface area contributed by atoms with E-state index in [2.05, 4.69) is 10.4 Å². The minimum absolute atomic E-state index is 0.189. The number of furan rings is 1. The summed E-state index contributed by atoms with van der Waals surface area (Å²) in [7, 11) is 0. The Kier molecular flexibility index (Phi) is 4.21. The summed E-state index contributed by atoms with van der Waals surface area (Å²) < 4.78 is 8.31. The number of hydrogen-bond donors (Lipinski definition) is 1. The largest absolute Gasteiger partial charge is 0.463 e. The van der Waals surface area contributed by atoms with E-state index in [1.807, 2.05) is 54.6 Å². The Hall–Kier alpha value is -4.13. The summed E-state index contributed by atoms with van der Waals surface area (Å²) in [4.78, 5) is 25.6. The average molecular weight is 398 g/mol. The molecule has 7 heteroatoms. The Balaban J connectivity index is 1.46. The van der Waals surface area contributed by atoms with Crippen LogP contribution in [0.5, 0.6) is 0 Å². The predicted molar refractivity (Wildman–Crippen MR) is 114 cm³/mol. The fourth-order valence-electron chi connectivity index (χ4n) is 3.72. The molecule has 0 saturated carbocycles. The van der Waals surface area contributed by atoms with E-state index in [-0.39, 0.29) is 18.0 Å². The zero-order chi connectivity index (χ0) is 20.7. The standard InChI is InChI=1S/C23H18N4O3/c1-15-25-26(23(29)20-13-21-19(27(15)20)11-12-30-21)14-22(28)24-18-10-6-5-9-17(18)16-7-3-2-4-8-16/h2-13H,14H2,1H3,(H,24,28). The Bertz CT molecular complexity index is 1440. The first-order valence-corrected chi connectivity index (χ1v) is 9.52. The molecule has 0 spiro atoms. The molecule has 5 rings (SSSR count). The molecule has 0 aliphatic carbocycles. The lowest BCUT2D eigenvalue weighted by molar-refractivity contribution is -0.117. The van der Waals surface area contributed by atoms with Crippen LogP contribution in [0.3, 0.4) is 0 Å². The summed E-state index contributed by atoms with van der Waals surface area (Å²) >= 11 is 0. The van der Waals surface area contributed by atoms with E-state index >= 15 is 0 Å². The quantitative estimate of drug-likeness (QED) is 0.498. The zero-order valence-corrected chi connectivity index (χ0v) is 16.2. The van der Waals surface area contributed by atoms with Crippen molar-refractivity contribution in [3.8, 4) is 11.1 Å². The molecule has 0 fully saturated rings. The number of amides is 1. The number of nitrogens with one attached hydrogen (secondary N) is 1. The van der Waals surface area contributed by atoms with Crippen molar-refractivity contribution < 1.29 is 9.21 Å². The Labute approximate surface area is 171 Å². The second kappa shape index (κ2) is 7.04. The molecule has 0 aliphatic rings. The molecule has 2 aromatic carbocycles. The van der Waals surface area contributed by atoms with E-state index in [1.165, 1.54) is 4.68 Å². The molecule has 0 atom stereocenters. The molecule has 0 unspecified atom stereocenters. The molecule has 30 heavy (non-hydrogen) atoms. The van der Waals surface area contributed by atoms with Crippen LogP contribution >= 0.6 is 0 Å². The normalized spacial score (nSPS) is 11.2. The maximum absolute atomic E-state index is 12.9. The minimum atomic E-state index is -0.349. The lowest BCUT2D eigenvalue weighted by Crippen LogP contribution is -2.31. The number of carbonyl (C=O) groups is 1. The number of fused-ring (bicyclic) bond motifs is 3. The highest BCUT2D eigenvalue weighted by molar-refractivity contribution is 5.95. The molecule has 0 radical (unpaired) electrons. The van der Waals surface area contributed by atoms with E-state index in [0.717, 1.165) is 16.6 Å². The number of anilines is 1. The molecule has 7 nitrogen and oxygen atoms in total. The molecule has 148 valence electrons. The van der Waals surface area contributed by atoms with E-state index in [4.69, 9.17) is 4.42 Å². The van der Waals surface area contributed by atoms with E-state index in [0.29, 0.717) is 22.6 Å². The van der Waals surface area contributed by atoms with Gasteiger partial charge in [0.2, 0.25) is 5.91 Å².